The summed E-state index contributed by atoms with van der Waals surface area (Å²) in [6.45, 7) is 0. The second-order valence-corrected chi connectivity index (χ2v) is 4.07. The zero-order chi connectivity index (χ0) is 12.5. The summed E-state index contributed by atoms with van der Waals surface area (Å²) in [6.07, 6.45) is 12.0. The summed E-state index contributed by atoms with van der Waals surface area (Å²) in [7, 11) is 0. The fourth-order valence-corrected chi connectivity index (χ4v) is 1.67. The molecule has 0 N–H and O–H groups in total. The van der Waals surface area contributed by atoms with Gasteiger partial charge in [-0.05, 0) is 36.1 Å². The Labute approximate surface area is 109 Å². The van der Waals surface area contributed by atoms with Crippen LogP contribution in [-0.4, -0.2) is 0 Å². The molecule has 0 heteroatoms. The summed E-state index contributed by atoms with van der Waals surface area (Å²) in [5.74, 6) is 0. The molecular weight excluding hydrogens is 216 g/mol. The van der Waals surface area contributed by atoms with Gasteiger partial charge in [0.2, 0.25) is 0 Å². The van der Waals surface area contributed by atoms with Crippen LogP contribution in [-0.2, 0) is 12.8 Å². The maximum atomic E-state index is 3.22. The maximum absolute atomic E-state index is 3.22. The van der Waals surface area contributed by atoms with E-state index in [1.807, 2.05) is 36.4 Å². The van der Waals surface area contributed by atoms with E-state index in [-0.39, 0.29) is 0 Å². The lowest BCUT2D eigenvalue weighted by Crippen LogP contribution is -1.79. The molecule has 2 radical (unpaired) electrons. The van der Waals surface area contributed by atoms with Crippen LogP contribution in [0, 0.1) is 12.2 Å². The molecule has 0 spiro atoms. The van der Waals surface area contributed by atoms with E-state index in [1.54, 1.807) is 0 Å². The van der Waals surface area contributed by atoms with Gasteiger partial charge in [-0.15, -0.1) is 0 Å². The average molecular weight is 232 g/mol. The van der Waals surface area contributed by atoms with Crippen LogP contribution in [0.25, 0.3) is 0 Å². The Morgan fingerprint density at radius 1 is 0.778 bits per heavy atom. The normalized spacial score (nSPS) is 11.3. The largest absolute Gasteiger partial charge is 0.0723 e. The van der Waals surface area contributed by atoms with E-state index in [2.05, 4.69) is 48.6 Å². The van der Waals surface area contributed by atoms with Crippen molar-refractivity contribution in [3.8, 4) is 0 Å². The smallest absolute Gasteiger partial charge is 0.00227 e. The van der Waals surface area contributed by atoms with Gasteiger partial charge < -0.3 is 0 Å². The molecule has 2 aromatic carbocycles. The van der Waals surface area contributed by atoms with Crippen molar-refractivity contribution in [3.63, 3.8) is 0 Å². The molecule has 0 aliphatic carbocycles. The van der Waals surface area contributed by atoms with Crippen LogP contribution in [0.2, 0.25) is 0 Å². The van der Waals surface area contributed by atoms with Gasteiger partial charge in [0.25, 0.3) is 0 Å². The molecule has 0 atom stereocenters. The number of allylic oxidation sites excluding steroid dienone is 4. The van der Waals surface area contributed by atoms with Crippen LogP contribution in [0.15, 0.2) is 72.8 Å². The molecule has 0 bridgehead atoms. The van der Waals surface area contributed by atoms with Gasteiger partial charge in [-0.25, -0.2) is 0 Å². The minimum absolute atomic E-state index is 0.840. The fourth-order valence-electron chi connectivity index (χ4n) is 1.67. The van der Waals surface area contributed by atoms with Crippen molar-refractivity contribution in [1.82, 2.24) is 0 Å². The van der Waals surface area contributed by atoms with Crippen molar-refractivity contribution in [2.45, 2.75) is 12.8 Å². The topological polar surface area (TPSA) is 0 Å². The summed E-state index contributed by atoms with van der Waals surface area (Å²) in [6, 6.07) is 20.7. The minimum Gasteiger partial charge on any atom is -0.0723 e. The fraction of sp³-hybridized carbons (Fsp3) is 0.111. The lowest BCUT2D eigenvalue weighted by Gasteiger charge is -1.93. The number of hydrogen-bond acceptors (Lipinski definition) is 0. The Balaban J connectivity index is 1.75. The average Bonchev–Trinajstić information content (AvgIpc) is 2.45. The first-order valence-electron chi connectivity index (χ1n) is 6.16. The molecule has 0 unspecified atom stereocenters. The summed E-state index contributed by atoms with van der Waals surface area (Å²) < 4.78 is 0. The molecule has 0 amide bonds. The molecule has 2 rings (SSSR count). The molecule has 0 aliphatic rings. The van der Waals surface area contributed by atoms with E-state index in [0.29, 0.717) is 0 Å². The molecule has 0 saturated heterocycles. The summed E-state index contributed by atoms with van der Waals surface area (Å²) in [5.41, 5.74) is 2.58. The molecule has 0 aliphatic heterocycles. The lowest BCUT2D eigenvalue weighted by atomic mass is 10.1. The van der Waals surface area contributed by atoms with E-state index in [0.717, 1.165) is 12.8 Å². The van der Waals surface area contributed by atoms with Gasteiger partial charge in [0, 0.05) is 0 Å². The third-order valence-corrected chi connectivity index (χ3v) is 2.63. The van der Waals surface area contributed by atoms with Gasteiger partial charge >= 0.3 is 0 Å². The zero-order valence-electron chi connectivity index (χ0n) is 10.3. The lowest BCUT2D eigenvalue weighted by molar-refractivity contribution is 1.22. The summed E-state index contributed by atoms with van der Waals surface area (Å²) in [5, 5.41) is 0. The van der Waals surface area contributed by atoms with Gasteiger partial charge in [-0.2, -0.15) is 0 Å². The molecule has 0 aromatic heterocycles. The van der Waals surface area contributed by atoms with E-state index < -0.39 is 0 Å². The second-order valence-electron chi connectivity index (χ2n) is 4.07. The third kappa shape index (κ3) is 4.42. The number of benzene rings is 2. The Morgan fingerprint density at radius 3 is 2.06 bits per heavy atom. The first-order chi connectivity index (χ1) is 8.95. The minimum atomic E-state index is 0.840. The van der Waals surface area contributed by atoms with Crippen LogP contribution in [0.1, 0.15) is 11.1 Å². The quantitative estimate of drug-likeness (QED) is 0.678. The van der Waals surface area contributed by atoms with Crippen LogP contribution in [0.4, 0.5) is 0 Å². The van der Waals surface area contributed by atoms with Crippen molar-refractivity contribution in [2.24, 2.45) is 0 Å². The maximum Gasteiger partial charge on any atom is -0.00227 e. The van der Waals surface area contributed by atoms with Gasteiger partial charge in [0.05, 0.1) is 0 Å². The molecule has 0 saturated carbocycles. The number of hydrogen-bond donors (Lipinski definition) is 0. The number of rotatable bonds is 5. The molecular formula is C18H16. The van der Waals surface area contributed by atoms with Gasteiger partial charge in [0.15, 0.2) is 0 Å². The monoisotopic (exact) mass is 232 g/mol. The van der Waals surface area contributed by atoms with Crippen LogP contribution in [0.3, 0.4) is 0 Å². The SMILES string of the molecule is [C](=C/[C]=C\Cc1ccccc1)/Cc1ccccc1. The Kier molecular flexibility index (Phi) is 5.01. The molecule has 0 fully saturated rings. The highest BCUT2D eigenvalue weighted by atomic mass is 13.9. The Morgan fingerprint density at radius 2 is 1.39 bits per heavy atom. The molecule has 0 heterocycles. The van der Waals surface area contributed by atoms with Gasteiger partial charge in [-0.1, -0.05) is 72.8 Å². The van der Waals surface area contributed by atoms with Crippen molar-refractivity contribution in [2.75, 3.05) is 0 Å². The first-order valence-corrected chi connectivity index (χ1v) is 6.16. The van der Waals surface area contributed by atoms with E-state index in [1.165, 1.54) is 11.1 Å². The van der Waals surface area contributed by atoms with Crippen LogP contribution in [0.5, 0.6) is 0 Å². The van der Waals surface area contributed by atoms with Crippen molar-refractivity contribution >= 4 is 0 Å². The Hall–Kier alpha value is -2.08. The van der Waals surface area contributed by atoms with Gasteiger partial charge in [0.1, 0.15) is 0 Å². The molecule has 0 nitrogen and oxygen atoms in total. The predicted molar refractivity (Wildman–Crippen MR) is 75.9 cm³/mol. The van der Waals surface area contributed by atoms with E-state index >= 15 is 0 Å². The highest BCUT2D eigenvalue weighted by Gasteiger charge is 1.86. The molecule has 2 aromatic rings. The first kappa shape index (κ1) is 12.4. The highest BCUT2D eigenvalue weighted by Crippen LogP contribution is 2.01. The molecule has 88 valence electrons. The highest BCUT2D eigenvalue weighted by molar-refractivity contribution is 5.18. The van der Waals surface area contributed by atoms with Crippen molar-refractivity contribution < 1.29 is 0 Å². The standard InChI is InChI=1S/C18H16/c1(5-11-17-13-7-3-8-14-17)2-6-12-18-15-9-4-10-16-18/h1,3-4,6-10,13-16H,11-12H2. The summed E-state index contributed by atoms with van der Waals surface area (Å²) in [4.78, 5) is 0. The second kappa shape index (κ2) is 7.29. The van der Waals surface area contributed by atoms with Gasteiger partial charge in [-0.3, -0.25) is 0 Å². The summed E-state index contributed by atoms with van der Waals surface area (Å²) >= 11 is 0. The van der Waals surface area contributed by atoms with E-state index in [9.17, 15) is 0 Å². The Bertz CT molecular complexity index is 443. The third-order valence-electron chi connectivity index (χ3n) is 2.63. The van der Waals surface area contributed by atoms with Crippen molar-refractivity contribution in [1.29, 1.82) is 0 Å². The van der Waals surface area contributed by atoms with Crippen LogP contribution < -0.4 is 0 Å². The molecule has 18 heavy (non-hydrogen) atoms. The predicted octanol–water partition coefficient (Wildman–Crippen LogP) is 4.19. The van der Waals surface area contributed by atoms with E-state index in [4.69, 9.17) is 0 Å². The zero-order valence-corrected chi connectivity index (χ0v) is 10.3. The van der Waals surface area contributed by atoms with Crippen molar-refractivity contribution in [3.05, 3.63) is 96.1 Å². The van der Waals surface area contributed by atoms with Crippen LogP contribution >= 0.6 is 0 Å².